The van der Waals surface area contributed by atoms with Crippen LogP contribution in [0.2, 0.25) is 0 Å². The molecule has 2 N–H and O–H groups in total. The highest BCUT2D eigenvalue weighted by molar-refractivity contribution is 6.05. The van der Waals surface area contributed by atoms with Gasteiger partial charge in [-0.15, -0.1) is 0 Å². The van der Waals surface area contributed by atoms with Gasteiger partial charge in [-0.2, -0.15) is 0 Å². The quantitative estimate of drug-likeness (QED) is 0.203. The molecule has 1 unspecified atom stereocenters. The SMILES string of the molecule is COc1cc(N2CCC(CN3CCC4(CC3)COc3cc5c(cc34)CN(C3CCC(=O)NC3=O)C5=O)CC2)ccc1[C@@H]1c2[nH]c3ccccc3c2C[C@@H](C)N1CC(F)F. The Kier molecular flexibility index (Phi) is 9.66. The Labute approximate surface area is 343 Å². The van der Waals surface area contributed by atoms with Crippen molar-refractivity contribution in [1.82, 2.24) is 25.0 Å². The summed E-state index contributed by atoms with van der Waals surface area (Å²) < 4.78 is 40.4. The van der Waals surface area contributed by atoms with Crippen LogP contribution in [0.3, 0.4) is 0 Å². The molecule has 13 heteroatoms. The van der Waals surface area contributed by atoms with Crippen LogP contribution >= 0.6 is 0 Å². The van der Waals surface area contributed by atoms with Crippen molar-refractivity contribution in [3.8, 4) is 11.5 Å². The number of fused-ring (bicyclic) bond motifs is 6. The number of nitrogens with one attached hydrogen (secondary N) is 2. The van der Waals surface area contributed by atoms with Crippen LogP contribution in [0.1, 0.15) is 89.8 Å². The number of piperidine rings is 3. The smallest absolute Gasteiger partial charge is 0.255 e. The standard InChI is InChI=1S/C46H52F2N6O5/c1-27-19-34-31-5-3-4-6-36(31)49-42(34)43(53(27)25-40(47)48)32-8-7-30(21-38(32)58-2)52-15-11-28(12-16-52)23-51-17-13-46(14-18-51)26-59-39-22-33-29(20-35(39)46)24-54(45(33)57)37-9-10-41(55)50-44(37)56/h3-8,20-22,27-28,37,40,43,49H,9-19,23-26H2,1-2H3,(H,50,55,56)/t27-,37?,43-/m1/s1. The first-order chi connectivity index (χ1) is 28.6. The largest absolute Gasteiger partial charge is 0.496 e. The van der Waals surface area contributed by atoms with Gasteiger partial charge in [-0.1, -0.05) is 24.3 Å². The van der Waals surface area contributed by atoms with Gasteiger partial charge < -0.3 is 29.2 Å². The molecule has 310 valence electrons. The fourth-order valence-electron chi connectivity index (χ4n) is 11.1. The summed E-state index contributed by atoms with van der Waals surface area (Å²) in [5, 5.41) is 3.54. The fraction of sp³-hybridized carbons (Fsp3) is 0.500. The molecular formula is C46H52F2N6O5. The minimum atomic E-state index is -2.45. The summed E-state index contributed by atoms with van der Waals surface area (Å²) in [7, 11) is 1.68. The normalized spacial score (nSPS) is 24.8. The molecule has 11 nitrogen and oxygen atoms in total. The number of para-hydroxylation sites is 1. The summed E-state index contributed by atoms with van der Waals surface area (Å²) in [6, 6.07) is 17.5. The lowest BCUT2D eigenvalue weighted by molar-refractivity contribution is -0.136. The van der Waals surface area contributed by atoms with Crippen molar-refractivity contribution in [3.63, 3.8) is 0 Å². The molecule has 3 aromatic carbocycles. The van der Waals surface area contributed by atoms with E-state index in [9.17, 15) is 23.2 Å². The first-order valence-corrected chi connectivity index (χ1v) is 21.3. The van der Waals surface area contributed by atoms with Crippen LogP contribution < -0.4 is 19.7 Å². The van der Waals surface area contributed by atoms with Crippen molar-refractivity contribution in [2.45, 2.75) is 88.4 Å². The Bertz CT molecular complexity index is 2310. The second-order valence-corrected chi connectivity index (χ2v) is 17.7. The number of aromatic amines is 1. The number of rotatable bonds is 8. The lowest BCUT2D eigenvalue weighted by Crippen LogP contribution is -2.52. The van der Waals surface area contributed by atoms with Crippen LogP contribution in [0.4, 0.5) is 14.5 Å². The first-order valence-electron chi connectivity index (χ1n) is 21.3. The number of carbonyl (C=O) groups excluding carboxylic acids is 3. The van der Waals surface area contributed by atoms with Gasteiger partial charge in [-0.3, -0.25) is 24.6 Å². The Hall–Kier alpha value is -5.01. The number of alkyl halides is 2. The monoisotopic (exact) mass is 806 g/mol. The zero-order valence-electron chi connectivity index (χ0n) is 33.8. The van der Waals surface area contributed by atoms with Crippen molar-refractivity contribution in [1.29, 1.82) is 0 Å². The molecule has 4 aromatic rings. The van der Waals surface area contributed by atoms with Gasteiger partial charge >= 0.3 is 0 Å². The third-order valence-corrected chi connectivity index (χ3v) is 14.4. The number of aromatic nitrogens is 1. The lowest BCUT2D eigenvalue weighted by Gasteiger charge is -2.42. The summed E-state index contributed by atoms with van der Waals surface area (Å²) in [6.07, 6.45) is 2.99. The van der Waals surface area contributed by atoms with Crippen LogP contribution in [-0.2, 0) is 28.0 Å². The number of benzene rings is 3. The van der Waals surface area contributed by atoms with E-state index in [1.807, 2.05) is 30.0 Å². The second kappa shape index (κ2) is 14.9. The summed E-state index contributed by atoms with van der Waals surface area (Å²) in [4.78, 5) is 49.9. The minimum absolute atomic E-state index is 0.0653. The molecule has 6 aliphatic rings. The molecule has 3 atom stereocenters. The highest BCUT2D eigenvalue weighted by Gasteiger charge is 2.47. The van der Waals surface area contributed by atoms with E-state index < -0.39 is 18.4 Å². The highest BCUT2D eigenvalue weighted by atomic mass is 19.3. The Morgan fingerprint density at radius 2 is 1.78 bits per heavy atom. The lowest BCUT2D eigenvalue weighted by atomic mass is 9.73. The van der Waals surface area contributed by atoms with Crippen molar-refractivity contribution in [2.24, 2.45) is 5.92 Å². The first kappa shape index (κ1) is 38.2. The number of carbonyl (C=O) groups is 3. The van der Waals surface area contributed by atoms with Gasteiger partial charge in [-0.25, -0.2) is 8.78 Å². The van der Waals surface area contributed by atoms with E-state index >= 15 is 0 Å². The van der Waals surface area contributed by atoms with E-state index in [4.69, 9.17) is 9.47 Å². The maximum Gasteiger partial charge on any atom is 0.255 e. The number of nitrogens with zero attached hydrogens (tertiary/aromatic N) is 4. The zero-order chi connectivity index (χ0) is 40.6. The van der Waals surface area contributed by atoms with Crippen LogP contribution in [0.25, 0.3) is 10.9 Å². The number of amides is 3. The molecule has 3 saturated heterocycles. The third kappa shape index (κ3) is 6.65. The Morgan fingerprint density at radius 1 is 0.983 bits per heavy atom. The molecule has 0 radical (unpaired) electrons. The topological polar surface area (TPSA) is 110 Å². The minimum Gasteiger partial charge on any atom is -0.496 e. The van der Waals surface area contributed by atoms with Crippen LogP contribution in [0.15, 0.2) is 54.6 Å². The van der Waals surface area contributed by atoms with Gasteiger partial charge in [0.15, 0.2) is 0 Å². The molecule has 0 saturated carbocycles. The molecule has 59 heavy (non-hydrogen) atoms. The Balaban J connectivity index is 0.780. The van der Waals surface area contributed by atoms with E-state index in [1.54, 1.807) is 12.0 Å². The average molecular weight is 807 g/mol. The number of methoxy groups -OCH3 is 1. The molecule has 0 aliphatic carbocycles. The molecule has 3 amide bonds. The van der Waals surface area contributed by atoms with E-state index in [0.717, 1.165) is 103 Å². The van der Waals surface area contributed by atoms with E-state index in [2.05, 4.69) is 56.5 Å². The van der Waals surface area contributed by atoms with Gasteiger partial charge in [0, 0.05) is 89.1 Å². The number of halogens is 2. The number of anilines is 1. The summed E-state index contributed by atoms with van der Waals surface area (Å²) in [6.45, 7) is 7.65. The molecule has 1 aromatic heterocycles. The maximum absolute atomic E-state index is 14.1. The maximum atomic E-state index is 14.1. The van der Waals surface area contributed by atoms with Gasteiger partial charge in [0.25, 0.3) is 12.3 Å². The molecule has 1 spiro atoms. The fourth-order valence-corrected chi connectivity index (χ4v) is 11.1. The van der Waals surface area contributed by atoms with E-state index in [0.29, 0.717) is 37.5 Å². The van der Waals surface area contributed by atoms with Crippen molar-refractivity contribution < 1.29 is 32.6 Å². The van der Waals surface area contributed by atoms with E-state index in [-0.39, 0.29) is 42.3 Å². The van der Waals surface area contributed by atoms with Crippen molar-refractivity contribution in [3.05, 3.63) is 88.1 Å². The van der Waals surface area contributed by atoms with Gasteiger partial charge in [0.2, 0.25) is 11.8 Å². The number of likely N-dealkylation sites (tertiary alicyclic amines) is 1. The number of H-pyrrole nitrogens is 1. The molecule has 6 aliphatic heterocycles. The highest BCUT2D eigenvalue weighted by Crippen LogP contribution is 2.49. The molecule has 3 fully saturated rings. The van der Waals surface area contributed by atoms with Crippen molar-refractivity contribution in [2.75, 3.05) is 57.9 Å². The molecule has 7 heterocycles. The van der Waals surface area contributed by atoms with Crippen LogP contribution in [0.5, 0.6) is 11.5 Å². The summed E-state index contributed by atoms with van der Waals surface area (Å²) in [5.74, 6) is 1.24. The van der Waals surface area contributed by atoms with E-state index in [1.165, 1.54) is 11.1 Å². The van der Waals surface area contributed by atoms with Crippen LogP contribution in [0, 0.1) is 5.92 Å². The van der Waals surface area contributed by atoms with Crippen LogP contribution in [-0.4, -0.2) is 109 Å². The summed E-state index contributed by atoms with van der Waals surface area (Å²) in [5.41, 5.74) is 7.83. The van der Waals surface area contributed by atoms with Gasteiger partial charge in [-0.05, 0) is 99.8 Å². The summed E-state index contributed by atoms with van der Waals surface area (Å²) >= 11 is 0. The predicted octanol–water partition coefficient (Wildman–Crippen LogP) is 6.18. The zero-order valence-corrected chi connectivity index (χ0v) is 33.8. The van der Waals surface area contributed by atoms with Gasteiger partial charge in [0.1, 0.15) is 17.5 Å². The molecule has 10 rings (SSSR count). The second-order valence-electron chi connectivity index (χ2n) is 17.7. The number of ether oxygens (including phenoxy) is 2. The number of imide groups is 1. The van der Waals surface area contributed by atoms with Crippen molar-refractivity contribution >= 4 is 34.3 Å². The Morgan fingerprint density at radius 3 is 2.54 bits per heavy atom. The average Bonchev–Trinajstić information content (AvgIpc) is 3.88. The van der Waals surface area contributed by atoms with Gasteiger partial charge in [0.05, 0.1) is 26.3 Å². The number of hydrogen-bond donors (Lipinski definition) is 2. The molecular weight excluding hydrogens is 755 g/mol. The molecule has 0 bridgehead atoms. The third-order valence-electron chi connectivity index (χ3n) is 14.4. The predicted molar refractivity (Wildman–Crippen MR) is 219 cm³/mol. The number of hydrogen-bond acceptors (Lipinski definition) is 8.